The number of aromatic nitrogens is 6. The van der Waals surface area contributed by atoms with E-state index >= 15 is 0 Å². The van der Waals surface area contributed by atoms with Crippen molar-refractivity contribution in [3.63, 3.8) is 0 Å². The van der Waals surface area contributed by atoms with Gasteiger partial charge >= 0.3 is 0 Å². The first-order valence-corrected chi connectivity index (χ1v) is 16.0. The predicted octanol–water partition coefficient (Wildman–Crippen LogP) is 6.14. The largest absolute Gasteiger partial charge is 0.505 e. The van der Waals surface area contributed by atoms with Crippen molar-refractivity contribution < 1.29 is 23.2 Å². The number of nitrogens with zero attached hydrogens (tertiary/aromatic N) is 10. The third kappa shape index (κ3) is 6.76. The van der Waals surface area contributed by atoms with Crippen molar-refractivity contribution in [1.82, 2.24) is 29.9 Å². The second-order valence-corrected chi connectivity index (χ2v) is 11.9. The molecule has 0 radical (unpaired) electrons. The van der Waals surface area contributed by atoms with Gasteiger partial charge in [-0.05, 0) is 48.9 Å². The number of nitrogens with one attached hydrogen (secondary N) is 2. The smallest absolute Gasteiger partial charge is 0.296 e. The number of hydrogen-bond donors (Lipinski definition) is 5. The third-order valence-electron chi connectivity index (χ3n) is 7.16. The molecule has 0 amide bonds. The normalized spacial score (nSPS) is 12.0. The maximum Gasteiger partial charge on any atom is 0.296 e. The van der Waals surface area contributed by atoms with Crippen LogP contribution >= 0.6 is 0 Å². The number of phenolic OH excluding ortho intramolecular Hbond substituents is 2. The first-order chi connectivity index (χ1) is 23.4. The number of hydrogen-bond acceptors (Lipinski definition) is 16. The van der Waals surface area contributed by atoms with Gasteiger partial charge in [-0.1, -0.05) is 30.3 Å². The molecule has 0 spiro atoms. The van der Waals surface area contributed by atoms with Crippen molar-refractivity contribution in [2.24, 2.45) is 20.5 Å². The Morgan fingerprint density at radius 1 is 0.694 bits per heavy atom. The number of phenols is 2. The van der Waals surface area contributed by atoms with Crippen molar-refractivity contribution in [2.45, 2.75) is 25.2 Å². The number of aromatic hydroxyl groups is 2. The van der Waals surface area contributed by atoms with Gasteiger partial charge in [0.15, 0.2) is 11.5 Å². The number of azo groups is 2. The second kappa shape index (κ2) is 13.1. The Morgan fingerprint density at radius 3 is 1.80 bits per heavy atom. The molecule has 5 N–H and O–H groups in total. The summed E-state index contributed by atoms with van der Waals surface area (Å²) in [4.78, 5) is 26.2. The standard InChI is InChI=1S/C31H28N12O5S/c1-15-34-23(40-30(36-15)38-19-9-5-7-17-11-12-21(42-32-3)28(44)25(17)19)14-24-35-16(2)37-31(41-24)39-20-10-6-8-18-13-22(49(46,47)48)27(43-33-4)29(45)26(18)20/h5-13,44-45H,14H2,1-4H3,(H,46,47,48)(H,34,36,38,40)(H,35,37,39,41). The fourth-order valence-corrected chi connectivity index (χ4v) is 5.92. The lowest BCUT2D eigenvalue weighted by Crippen LogP contribution is -2.10. The molecule has 2 heterocycles. The summed E-state index contributed by atoms with van der Waals surface area (Å²) in [6, 6.07) is 15.0. The van der Waals surface area contributed by atoms with Crippen molar-refractivity contribution in [2.75, 3.05) is 24.7 Å². The molecule has 0 fully saturated rings. The van der Waals surface area contributed by atoms with Gasteiger partial charge in [0.05, 0.1) is 17.8 Å². The second-order valence-electron chi connectivity index (χ2n) is 10.6. The molecule has 0 unspecified atom stereocenters. The topological polar surface area (TPSA) is 246 Å². The van der Waals surface area contributed by atoms with Crippen LogP contribution in [0.4, 0.5) is 34.6 Å². The van der Waals surface area contributed by atoms with Crippen LogP contribution in [0.2, 0.25) is 0 Å². The summed E-state index contributed by atoms with van der Waals surface area (Å²) in [7, 11) is -1.91. The Bertz CT molecular complexity index is 2440. The van der Waals surface area contributed by atoms with Gasteiger partial charge in [-0.2, -0.15) is 48.8 Å². The lowest BCUT2D eigenvalue weighted by Gasteiger charge is -2.14. The number of rotatable bonds is 9. The molecule has 18 heteroatoms. The molecule has 4 aromatic carbocycles. The Balaban J connectivity index is 1.33. The zero-order valence-corrected chi connectivity index (χ0v) is 27.3. The van der Waals surface area contributed by atoms with E-state index in [0.717, 1.165) is 5.39 Å². The number of aryl methyl sites for hydroxylation is 2. The molecule has 0 bridgehead atoms. The van der Waals surface area contributed by atoms with Gasteiger partial charge in [0.25, 0.3) is 10.1 Å². The number of fused-ring (bicyclic) bond motifs is 2. The van der Waals surface area contributed by atoms with Crippen LogP contribution < -0.4 is 10.6 Å². The zero-order valence-electron chi connectivity index (χ0n) is 26.4. The SMILES string of the molecule is CN=Nc1ccc2cccc(Nc3nc(C)nc(Cc4nc(C)nc(Nc5cccc6cc(S(=O)(=O)O)c(N=NC)c(O)c56)n4)n3)c2c1O. The lowest BCUT2D eigenvalue weighted by molar-refractivity contribution is 0.472. The van der Waals surface area contributed by atoms with Crippen molar-refractivity contribution in [1.29, 1.82) is 0 Å². The minimum Gasteiger partial charge on any atom is -0.505 e. The first-order valence-electron chi connectivity index (χ1n) is 14.5. The average Bonchev–Trinajstić information content (AvgIpc) is 3.03. The molecule has 0 aliphatic rings. The van der Waals surface area contributed by atoms with Gasteiger partial charge in [0.1, 0.15) is 39.6 Å². The van der Waals surface area contributed by atoms with Crippen LogP contribution in [-0.4, -0.2) is 67.2 Å². The van der Waals surface area contributed by atoms with Gasteiger partial charge in [0.2, 0.25) is 11.9 Å². The van der Waals surface area contributed by atoms with Gasteiger partial charge in [-0.15, -0.1) is 0 Å². The molecule has 2 aromatic heterocycles. The van der Waals surface area contributed by atoms with Gasteiger partial charge in [-0.3, -0.25) is 4.55 Å². The highest BCUT2D eigenvalue weighted by atomic mass is 32.2. The zero-order chi connectivity index (χ0) is 34.9. The van der Waals surface area contributed by atoms with Crippen molar-refractivity contribution >= 4 is 66.3 Å². The van der Waals surface area contributed by atoms with Crippen LogP contribution in [0.15, 0.2) is 79.9 Å². The Morgan fingerprint density at radius 2 is 1.24 bits per heavy atom. The average molecular weight is 681 g/mol. The Kier molecular flexibility index (Phi) is 8.72. The maximum absolute atomic E-state index is 12.0. The summed E-state index contributed by atoms with van der Waals surface area (Å²) >= 11 is 0. The molecule has 0 aliphatic heterocycles. The predicted molar refractivity (Wildman–Crippen MR) is 180 cm³/mol. The molecule has 6 rings (SSSR count). The van der Waals surface area contributed by atoms with Crippen LogP contribution in [0.3, 0.4) is 0 Å². The van der Waals surface area contributed by atoms with Gasteiger partial charge < -0.3 is 20.8 Å². The summed E-state index contributed by atoms with van der Waals surface area (Å²) in [6.45, 7) is 3.40. The van der Waals surface area contributed by atoms with E-state index in [9.17, 15) is 23.2 Å². The molecule has 17 nitrogen and oxygen atoms in total. The van der Waals surface area contributed by atoms with Crippen LogP contribution in [0, 0.1) is 13.8 Å². The van der Waals surface area contributed by atoms with Crippen molar-refractivity contribution in [3.8, 4) is 11.5 Å². The van der Waals surface area contributed by atoms with E-state index in [2.05, 4.69) is 61.0 Å². The monoisotopic (exact) mass is 680 g/mol. The van der Waals surface area contributed by atoms with Crippen molar-refractivity contribution in [3.05, 3.63) is 77.9 Å². The Labute approximate surface area is 278 Å². The van der Waals surface area contributed by atoms with Crippen LogP contribution in [0.5, 0.6) is 11.5 Å². The Hall–Kier alpha value is -6.27. The summed E-state index contributed by atoms with van der Waals surface area (Å²) in [5.41, 5.74) is 0.776. The highest BCUT2D eigenvalue weighted by Crippen LogP contribution is 2.44. The highest BCUT2D eigenvalue weighted by molar-refractivity contribution is 7.86. The number of benzene rings is 4. The van der Waals surface area contributed by atoms with Crippen LogP contribution in [0.1, 0.15) is 23.3 Å². The lowest BCUT2D eigenvalue weighted by atomic mass is 10.1. The van der Waals surface area contributed by atoms with Gasteiger partial charge in [0, 0.05) is 24.9 Å². The van der Waals surface area contributed by atoms with E-state index in [1.807, 2.05) is 18.2 Å². The molecule has 248 valence electrons. The fourth-order valence-electron chi connectivity index (χ4n) is 5.27. The number of anilines is 4. The first kappa shape index (κ1) is 32.7. The molecule has 0 atom stereocenters. The van der Waals surface area contributed by atoms with Crippen LogP contribution in [-0.2, 0) is 16.5 Å². The van der Waals surface area contributed by atoms with E-state index in [1.165, 1.54) is 20.2 Å². The summed E-state index contributed by atoms with van der Waals surface area (Å²) in [6.07, 6.45) is 0.0947. The quantitative estimate of drug-likeness (QED) is 0.0851. The molecule has 6 aromatic rings. The van der Waals surface area contributed by atoms with E-state index in [4.69, 9.17) is 0 Å². The third-order valence-corrected chi connectivity index (χ3v) is 8.02. The minimum absolute atomic E-state index is 0.0396. The molecule has 0 saturated heterocycles. The minimum atomic E-state index is -4.73. The highest BCUT2D eigenvalue weighted by Gasteiger charge is 2.23. The van der Waals surface area contributed by atoms with E-state index in [0.29, 0.717) is 51.1 Å². The molecule has 49 heavy (non-hydrogen) atoms. The maximum atomic E-state index is 12.0. The molecular formula is C31H28N12O5S. The van der Waals surface area contributed by atoms with Crippen LogP contribution in [0.25, 0.3) is 21.5 Å². The summed E-state index contributed by atoms with van der Waals surface area (Å²) in [5, 5.41) is 45.1. The van der Waals surface area contributed by atoms with E-state index in [-0.39, 0.29) is 29.5 Å². The molecular weight excluding hydrogens is 652 g/mol. The van der Waals surface area contributed by atoms with Gasteiger partial charge in [-0.25, -0.2) is 9.97 Å². The summed E-state index contributed by atoms with van der Waals surface area (Å²) < 4.78 is 33.8. The van der Waals surface area contributed by atoms with E-state index < -0.39 is 26.5 Å². The molecule has 0 aliphatic carbocycles. The summed E-state index contributed by atoms with van der Waals surface area (Å²) in [5.74, 6) is 1.28. The van der Waals surface area contributed by atoms with E-state index in [1.54, 1.807) is 44.2 Å². The fraction of sp³-hybridized carbons (Fsp3) is 0.161. The molecule has 0 saturated carbocycles.